The summed E-state index contributed by atoms with van der Waals surface area (Å²) in [5, 5.41) is 0. The molecule has 114 valence electrons. The van der Waals surface area contributed by atoms with Gasteiger partial charge in [0, 0.05) is 6.42 Å². The minimum absolute atomic E-state index is 0.0346. The Morgan fingerprint density at radius 3 is 2.50 bits per heavy atom. The van der Waals surface area contributed by atoms with Crippen LogP contribution in [0.5, 0.6) is 0 Å². The molecule has 20 heavy (non-hydrogen) atoms. The van der Waals surface area contributed by atoms with Gasteiger partial charge in [-0.1, -0.05) is 19.9 Å². The molecule has 3 nitrogen and oxygen atoms in total. The van der Waals surface area contributed by atoms with Crippen molar-refractivity contribution < 1.29 is 25.8 Å². The van der Waals surface area contributed by atoms with Crippen LogP contribution < -0.4 is 0 Å². The highest BCUT2D eigenvalue weighted by Gasteiger charge is 2.49. The lowest BCUT2D eigenvalue weighted by Crippen LogP contribution is -2.28. The number of fused-ring (bicyclic) bond motifs is 1. The van der Waals surface area contributed by atoms with Crippen LogP contribution in [0.1, 0.15) is 46.0 Å². The molecule has 0 aromatic heterocycles. The van der Waals surface area contributed by atoms with E-state index < -0.39 is 15.6 Å². The first-order valence-corrected chi connectivity index (χ1v) is 7.89. The third-order valence-electron chi connectivity index (χ3n) is 3.83. The van der Waals surface area contributed by atoms with Crippen LogP contribution in [0, 0.1) is 5.41 Å². The minimum atomic E-state index is -5.57. The van der Waals surface area contributed by atoms with Gasteiger partial charge in [-0.25, -0.2) is 0 Å². The third-order valence-corrected chi connectivity index (χ3v) is 4.82. The summed E-state index contributed by atoms with van der Waals surface area (Å²) >= 11 is 0. The van der Waals surface area contributed by atoms with E-state index in [1.54, 1.807) is 0 Å². The lowest BCUT2D eigenvalue weighted by atomic mass is 9.68. The van der Waals surface area contributed by atoms with E-state index in [2.05, 4.69) is 4.18 Å². The number of allylic oxidation sites excluding steroid dienone is 4. The molecule has 2 rings (SSSR count). The van der Waals surface area contributed by atoms with Crippen LogP contribution in [-0.2, 0) is 14.3 Å². The van der Waals surface area contributed by atoms with Crippen LogP contribution in [0.2, 0.25) is 0 Å². The summed E-state index contributed by atoms with van der Waals surface area (Å²) in [4.78, 5) is 0. The second-order valence-corrected chi connectivity index (χ2v) is 7.32. The average Bonchev–Trinajstić information content (AvgIpc) is 2.28. The summed E-state index contributed by atoms with van der Waals surface area (Å²) in [7, 11) is -5.57. The van der Waals surface area contributed by atoms with Gasteiger partial charge in [0.2, 0.25) is 0 Å². The van der Waals surface area contributed by atoms with E-state index in [0.717, 1.165) is 18.4 Å². The van der Waals surface area contributed by atoms with Crippen LogP contribution >= 0.6 is 0 Å². The van der Waals surface area contributed by atoms with E-state index in [1.807, 2.05) is 19.9 Å². The molecule has 0 aromatic carbocycles. The van der Waals surface area contributed by atoms with Crippen molar-refractivity contribution in [1.82, 2.24) is 0 Å². The van der Waals surface area contributed by atoms with Crippen molar-refractivity contribution in [2.24, 2.45) is 5.41 Å². The van der Waals surface area contributed by atoms with E-state index in [9.17, 15) is 21.6 Å². The van der Waals surface area contributed by atoms with E-state index in [4.69, 9.17) is 0 Å². The van der Waals surface area contributed by atoms with Gasteiger partial charge in [-0.15, -0.1) is 0 Å². The van der Waals surface area contributed by atoms with Crippen molar-refractivity contribution in [2.45, 2.75) is 51.5 Å². The predicted octanol–water partition coefficient (Wildman–Crippen LogP) is 4.04. The molecule has 0 heterocycles. The van der Waals surface area contributed by atoms with Gasteiger partial charge in [0.1, 0.15) is 5.76 Å². The number of alkyl halides is 3. The van der Waals surface area contributed by atoms with Crippen LogP contribution in [0.4, 0.5) is 13.2 Å². The highest BCUT2D eigenvalue weighted by Crippen LogP contribution is 2.47. The molecule has 0 radical (unpaired) electrons. The molecule has 1 saturated carbocycles. The highest BCUT2D eigenvalue weighted by atomic mass is 32.2. The Morgan fingerprint density at radius 1 is 1.25 bits per heavy atom. The van der Waals surface area contributed by atoms with Crippen molar-refractivity contribution in [3.63, 3.8) is 0 Å². The molecule has 0 aliphatic heterocycles. The summed E-state index contributed by atoms with van der Waals surface area (Å²) < 4.78 is 63.9. The zero-order valence-corrected chi connectivity index (χ0v) is 12.2. The Hall–Kier alpha value is -0.980. The second-order valence-electron chi connectivity index (χ2n) is 5.78. The van der Waals surface area contributed by atoms with Crippen molar-refractivity contribution in [3.8, 4) is 0 Å². The molecule has 0 saturated heterocycles. The zero-order chi connectivity index (χ0) is 15.2. The molecule has 0 atom stereocenters. The monoisotopic (exact) mass is 310 g/mol. The molecule has 0 N–H and O–H groups in total. The topological polar surface area (TPSA) is 43.4 Å². The van der Waals surface area contributed by atoms with Crippen molar-refractivity contribution in [2.75, 3.05) is 0 Å². The van der Waals surface area contributed by atoms with E-state index >= 15 is 0 Å². The fourth-order valence-electron chi connectivity index (χ4n) is 2.84. The predicted molar refractivity (Wildman–Crippen MR) is 68.0 cm³/mol. The number of rotatable bonds is 2. The average molecular weight is 310 g/mol. The first-order chi connectivity index (χ1) is 9.05. The van der Waals surface area contributed by atoms with Gasteiger partial charge >= 0.3 is 15.6 Å². The molecule has 0 amide bonds. The third kappa shape index (κ3) is 2.73. The fourth-order valence-corrected chi connectivity index (χ4v) is 3.39. The molecular formula is C13H17F3O3S. The van der Waals surface area contributed by atoms with Crippen molar-refractivity contribution in [3.05, 3.63) is 23.0 Å². The molecule has 1 fully saturated rings. The van der Waals surface area contributed by atoms with Gasteiger partial charge in [-0.2, -0.15) is 21.6 Å². The van der Waals surface area contributed by atoms with Gasteiger partial charge < -0.3 is 4.18 Å². The Balaban J connectivity index is 2.37. The lowest BCUT2D eigenvalue weighted by Gasteiger charge is -2.37. The van der Waals surface area contributed by atoms with Gasteiger partial charge in [-0.05, 0) is 42.2 Å². The largest absolute Gasteiger partial charge is 0.534 e. The van der Waals surface area contributed by atoms with Gasteiger partial charge in [0.15, 0.2) is 0 Å². The highest BCUT2D eigenvalue weighted by molar-refractivity contribution is 7.87. The quantitative estimate of drug-likeness (QED) is 0.571. The molecule has 2 aliphatic carbocycles. The van der Waals surface area contributed by atoms with Crippen LogP contribution in [0.25, 0.3) is 0 Å². The molecule has 2 aliphatic rings. The molecule has 0 aromatic rings. The Bertz CT molecular complexity index is 568. The number of hydrogen-bond donors (Lipinski definition) is 0. The van der Waals surface area contributed by atoms with Gasteiger partial charge in [0.25, 0.3) is 0 Å². The van der Waals surface area contributed by atoms with E-state index in [1.165, 1.54) is 0 Å². The maximum Gasteiger partial charge on any atom is 0.534 e. The fraction of sp³-hybridized carbons (Fsp3) is 0.692. The second kappa shape index (κ2) is 4.79. The lowest BCUT2D eigenvalue weighted by molar-refractivity contribution is -0.0524. The normalized spacial score (nSPS) is 23.1. The summed E-state index contributed by atoms with van der Waals surface area (Å²) in [6, 6.07) is 0. The van der Waals surface area contributed by atoms with E-state index in [0.29, 0.717) is 18.4 Å². The summed E-state index contributed by atoms with van der Waals surface area (Å²) in [6.45, 7) is 4.03. The minimum Gasteiger partial charge on any atom is -0.380 e. The maximum absolute atomic E-state index is 12.4. The summed E-state index contributed by atoms with van der Waals surface area (Å²) in [5.74, 6) is -0.0346. The first-order valence-electron chi connectivity index (χ1n) is 6.48. The number of halogens is 3. The first kappa shape index (κ1) is 15.4. The SMILES string of the molecule is CC1(C)CCCC2=C(OS(=O)(=O)C(F)(F)F)CCC=C21. The summed E-state index contributed by atoms with van der Waals surface area (Å²) in [5.41, 5.74) is -3.96. The molecule has 0 spiro atoms. The van der Waals surface area contributed by atoms with Crippen LogP contribution in [0.15, 0.2) is 23.0 Å². The molecule has 0 bridgehead atoms. The Kier molecular flexibility index (Phi) is 3.69. The standard InChI is InChI=1S/C13H17F3O3S/c1-12(2)8-4-5-9-10(12)6-3-7-11(9)19-20(17,18)13(14,15)16/h6H,3-5,7-8H2,1-2H3. The molecule has 0 unspecified atom stereocenters. The molecule has 7 heteroatoms. The molecular weight excluding hydrogens is 293 g/mol. The van der Waals surface area contributed by atoms with Crippen LogP contribution in [0.3, 0.4) is 0 Å². The van der Waals surface area contributed by atoms with Crippen molar-refractivity contribution >= 4 is 10.1 Å². The van der Waals surface area contributed by atoms with Gasteiger partial charge in [0.05, 0.1) is 0 Å². The van der Waals surface area contributed by atoms with E-state index in [-0.39, 0.29) is 17.6 Å². The van der Waals surface area contributed by atoms with Crippen molar-refractivity contribution in [1.29, 1.82) is 0 Å². The smallest absolute Gasteiger partial charge is 0.380 e. The Morgan fingerprint density at radius 2 is 1.90 bits per heavy atom. The number of hydrogen-bond acceptors (Lipinski definition) is 3. The zero-order valence-electron chi connectivity index (χ0n) is 11.4. The summed E-state index contributed by atoms with van der Waals surface area (Å²) in [6.07, 6.45) is 5.01. The van der Waals surface area contributed by atoms with Gasteiger partial charge in [-0.3, -0.25) is 0 Å². The Labute approximate surface area is 116 Å². The van der Waals surface area contributed by atoms with Crippen LogP contribution in [-0.4, -0.2) is 13.9 Å². The maximum atomic E-state index is 12.4.